The Balaban J connectivity index is 1.90. The summed E-state index contributed by atoms with van der Waals surface area (Å²) in [6, 6.07) is 9.67. The van der Waals surface area contributed by atoms with Crippen LogP contribution in [0.4, 0.5) is 14.5 Å². The maximum absolute atomic E-state index is 13.9. The molecule has 1 fully saturated rings. The van der Waals surface area contributed by atoms with E-state index in [1.165, 1.54) is 12.1 Å². The minimum atomic E-state index is -1.14. The first-order valence-corrected chi connectivity index (χ1v) is 9.09. The summed E-state index contributed by atoms with van der Waals surface area (Å²) in [4.78, 5) is 25.0. The van der Waals surface area contributed by atoms with E-state index in [2.05, 4.69) is 16.7 Å². The highest BCUT2D eigenvalue weighted by molar-refractivity contribution is 6.08. The third-order valence-corrected chi connectivity index (χ3v) is 4.99. The van der Waals surface area contributed by atoms with Crippen LogP contribution >= 0.6 is 0 Å². The number of hydrogen-bond acceptors (Lipinski definition) is 2. The summed E-state index contributed by atoms with van der Waals surface area (Å²) in [7, 11) is 0. The largest absolute Gasteiger partial charge is 0.355 e. The number of amides is 2. The van der Waals surface area contributed by atoms with E-state index in [0.29, 0.717) is 6.54 Å². The average Bonchev–Trinajstić information content (AvgIpc) is 3.06. The molecule has 2 aromatic carbocycles. The maximum Gasteiger partial charge on any atom is 0.237 e. The number of hydrogen-bond donors (Lipinski definition) is 2. The van der Waals surface area contributed by atoms with Gasteiger partial charge < -0.3 is 10.6 Å². The Bertz CT molecular complexity index is 860. The molecule has 1 aliphatic rings. The Kier molecular flexibility index (Phi) is 5.54. The lowest BCUT2D eigenvalue weighted by atomic mass is 9.85. The molecule has 3 rings (SSSR count). The highest BCUT2D eigenvalue weighted by Crippen LogP contribution is 2.32. The van der Waals surface area contributed by atoms with Gasteiger partial charge in [-0.3, -0.25) is 9.59 Å². The zero-order valence-corrected chi connectivity index (χ0v) is 15.3. The van der Waals surface area contributed by atoms with Gasteiger partial charge in [0.1, 0.15) is 5.92 Å². The van der Waals surface area contributed by atoms with Gasteiger partial charge in [0.25, 0.3) is 0 Å². The minimum Gasteiger partial charge on any atom is -0.355 e. The Morgan fingerprint density at radius 1 is 1.15 bits per heavy atom. The highest BCUT2D eigenvalue weighted by atomic mass is 19.2. The second kappa shape index (κ2) is 7.86. The van der Waals surface area contributed by atoms with Gasteiger partial charge in [-0.05, 0) is 41.7 Å². The smallest absolute Gasteiger partial charge is 0.237 e. The quantitative estimate of drug-likeness (QED) is 0.789. The SMILES string of the molecule is CCc1cc(CC)cc([C@H]2CNC(=O)[C@@H]2C(=O)Nc2cccc(F)c2F)c1. The first-order chi connectivity index (χ1) is 12.9. The molecule has 4 nitrogen and oxygen atoms in total. The molecule has 142 valence electrons. The van der Waals surface area contributed by atoms with Crippen molar-refractivity contribution in [3.63, 3.8) is 0 Å². The summed E-state index contributed by atoms with van der Waals surface area (Å²) in [5, 5.41) is 5.08. The van der Waals surface area contributed by atoms with Gasteiger partial charge in [-0.25, -0.2) is 8.78 Å². The van der Waals surface area contributed by atoms with Crippen molar-refractivity contribution in [3.8, 4) is 0 Å². The van der Waals surface area contributed by atoms with Crippen molar-refractivity contribution in [2.75, 3.05) is 11.9 Å². The van der Waals surface area contributed by atoms with Crippen LogP contribution in [-0.4, -0.2) is 18.4 Å². The lowest BCUT2D eigenvalue weighted by Crippen LogP contribution is -2.32. The van der Waals surface area contributed by atoms with E-state index in [4.69, 9.17) is 0 Å². The fourth-order valence-electron chi connectivity index (χ4n) is 3.46. The number of benzene rings is 2. The number of aryl methyl sites for hydroxylation is 2. The first kappa shape index (κ1) is 19.0. The molecular weight excluding hydrogens is 350 g/mol. The average molecular weight is 372 g/mol. The fraction of sp³-hybridized carbons (Fsp3) is 0.333. The number of anilines is 1. The highest BCUT2D eigenvalue weighted by Gasteiger charge is 2.41. The van der Waals surface area contributed by atoms with Crippen LogP contribution in [0.1, 0.15) is 36.5 Å². The van der Waals surface area contributed by atoms with E-state index in [1.54, 1.807) is 0 Å². The van der Waals surface area contributed by atoms with Gasteiger partial charge in [-0.2, -0.15) is 0 Å². The zero-order chi connectivity index (χ0) is 19.6. The predicted molar refractivity (Wildman–Crippen MR) is 99.4 cm³/mol. The van der Waals surface area contributed by atoms with Crippen molar-refractivity contribution in [3.05, 3.63) is 64.7 Å². The summed E-state index contributed by atoms with van der Waals surface area (Å²) in [6.45, 7) is 4.43. The minimum absolute atomic E-state index is 0.269. The predicted octanol–water partition coefficient (Wildman–Crippen LogP) is 3.56. The van der Waals surface area contributed by atoms with Crippen LogP contribution in [0.25, 0.3) is 0 Å². The van der Waals surface area contributed by atoms with Crippen LogP contribution in [0, 0.1) is 17.6 Å². The Labute approximate surface area is 157 Å². The topological polar surface area (TPSA) is 58.2 Å². The summed E-state index contributed by atoms with van der Waals surface area (Å²) in [6.07, 6.45) is 1.70. The maximum atomic E-state index is 13.9. The van der Waals surface area contributed by atoms with E-state index < -0.39 is 29.4 Å². The van der Waals surface area contributed by atoms with Gasteiger partial charge >= 0.3 is 0 Å². The van der Waals surface area contributed by atoms with Gasteiger partial charge in [0.2, 0.25) is 11.8 Å². The third-order valence-electron chi connectivity index (χ3n) is 4.99. The molecule has 0 unspecified atom stereocenters. The molecule has 0 aromatic heterocycles. The molecule has 1 heterocycles. The van der Waals surface area contributed by atoms with E-state index in [1.807, 2.05) is 26.0 Å². The number of carbonyl (C=O) groups excluding carboxylic acids is 2. The van der Waals surface area contributed by atoms with E-state index in [0.717, 1.165) is 35.6 Å². The van der Waals surface area contributed by atoms with Crippen LogP contribution in [-0.2, 0) is 22.4 Å². The van der Waals surface area contributed by atoms with Gasteiger partial charge in [-0.15, -0.1) is 0 Å². The molecule has 0 bridgehead atoms. The number of rotatable bonds is 5. The van der Waals surface area contributed by atoms with Crippen LogP contribution < -0.4 is 10.6 Å². The second-order valence-corrected chi connectivity index (χ2v) is 6.71. The summed E-state index contributed by atoms with van der Waals surface area (Å²) in [5.41, 5.74) is 2.91. The molecule has 0 spiro atoms. The number of nitrogens with one attached hydrogen (secondary N) is 2. The molecule has 27 heavy (non-hydrogen) atoms. The standard InChI is InChI=1S/C21H22F2N2O2/c1-3-12-8-13(4-2)10-14(9-12)15-11-24-20(26)18(15)21(27)25-17-7-5-6-16(22)19(17)23/h5-10,15,18H,3-4,11H2,1-2H3,(H,24,26)(H,25,27)/t15-,18-/m1/s1. The normalized spacial score (nSPS) is 19.0. The second-order valence-electron chi connectivity index (χ2n) is 6.71. The summed E-state index contributed by atoms with van der Waals surface area (Å²) >= 11 is 0. The van der Waals surface area contributed by atoms with E-state index in [-0.39, 0.29) is 11.6 Å². The van der Waals surface area contributed by atoms with E-state index in [9.17, 15) is 18.4 Å². The lowest BCUT2D eigenvalue weighted by Gasteiger charge is -2.19. The monoisotopic (exact) mass is 372 g/mol. The van der Waals surface area contributed by atoms with Crippen molar-refractivity contribution in [2.45, 2.75) is 32.6 Å². The molecule has 1 aliphatic heterocycles. The zero-order valence-electron chi connectivity index (χ0n) is 15.3. The van der Waals surface area contributed by atoms with Gasteiger partial charge in [0, 0.05) is 12.5 Å². The Hall–Kier alpha value is -2.76. The molecule has 2 amide bonds. The molecule has 0 radical (unpaired) electrons. The molecule has 6 heteroatoms. The van der Waals surface area contributed by atoms with Crippen molar-refractivity contribution in [1.82, 2.24) is 5.32 Å². The van der Waals surface area contributed by atoms with Crippen LogP contribution in [0.3, 0.4) is 0 Å². The fourth-order valence-corrected chi connectivity index (χ4v) is 3.46. The van der Waals surface area contributed by atoms with Crippen LogP contribution in [0.15, 0.2) is 36.4 Å². The molecule has 2 atom stereocenters. The van der Waals surface area contributed by atoms with Crippen LogP contribution in [0.2, 0.25) is 0 Å². The number of carbonyl (C=O) groups is 2. The van der Waals surface area contributed by atoms with Crippen molar-refractivity contribution in [1.29, 1.82) is 0 Å². The third kappa shape index (κ3) is 3.84. The van der Waals surface area contributed by atoms with Crippen molar-refractivity contribution >= 4 is 17.5 Å². The lowest BCUT2D eigenvalue weighted by molar-refractivity contribution is -0.130. The van der Waals surface area contributed by atoms with Crippen molar-refractivity contribution < 1.29 is 18.4 Å². The molecule has 2 aromatic rings. The number of halogens is 2. The van der Waals surface area contributed by atoms with Crippen LogP contribution in [0.5, 0.6) is 0 Å². The Morgan fingerprint density at radius 2 is 1.81 bits per heavy atom. The van der Waals surface area contributed by atoms with Crippen molar-refractivity contribution in [2.24, 2.45) is 5.92 Å². The molecule has 2 N–H and O–H groups in total. The van der Waals surface area contributed by atoms with Gasteiger partial charge in [-0.1, -0.05) is 38.1 Å². The first-order valence-electron chi connectivity index (χ1n) is 9.09. The van der Waals surface area contributed by atoms with Gasteiger partial charge in [0.15, 0.2) is 11.6 Å². The Morgan fingerprint density at radius 3 is 2.44 bits per heavy atom. The molecule has 0 saturated carbocycles. The van der Waals surface area contributed by atoms with E-state index >= 15 is 0 Å². The summed E-state index contributed by atoms with van der Waals surface area (Å²) < 4.78 is 27.3. The molecule has 1 saturated heterocycles. The molecular formula is C21H22F2N2O2. The van der Waals surface area contributed by atoms with Gasteiger partial charge in [0.05, 0.1) is 5.69 Å². The summed E-state index contributed by atoms with van der Waals surface area (Å²) in [5.74, 6) is -4.59. The molecule has 0 aliphatic carbocycles.